The number of nitrogens with zero attached hydrogens (tertiary/aromatic N) is 3. The van der Waals surface area contributed by atoms with Gasteiger partial charge in [-0.3, -0.25) is 0 Å². The third-order valence-electron chi connectivity index (χ3n) is 3.51. The molecule has 21 heavy (non-hydrogen) atoms. The van der Waals surface area contributed by atoms with E-state index in [0.29, 0.717) is 21.6 Å². The maximum Gasteiger partial charge on any atom is 0.154 e. The van der Waals surface area contributed by atoms with Crippen LogP contribution in [0.2, 0.25) is 0 Å². The van der Waals surface area contributed by atoms with Crippen molar-refractivity contribution in [2.45, 2.75) is 6.10 Å². The lowest BCUT2D eigenvalue weighted by Gasteiger charge is -2.17. The van der Waals surface area contributed by atoms with Crippen molar-refractivity contribution >= 4 is 26.7 Å². The van der Waals surface area contributed by atoms with Crippen molar-refractivity contribution in [3.8, 4) is 5.75 Å². The number of halogens is 1. The van der Waals surface area contributed by atoms with E-state index in [1.54, 1.807) is 18.8 Å². The number of methoxy groups -OCH3 is 1. The zero-order valence-electron chi connectivity index (χ0n) is 11.6. The SMILES string of the molecule is COc1ccc2ccccc2c1C(O)c1c(Br)nnn1C. The summed E-state index contributed by atoms with van der Waals surface area (Å²) >= 11 is 3.33. The molecular weight excluding hydrogens is 334 g/mol. The van der Waals surface area contributed by atoms with Crippen LogP contribution in [0.3, 0.4) is 0 Å². The van der Waals surface area contributed by atoms with Crippen molar-refractivity contribution < 1.29 is 9.84 Å². The Morgan fingerprint density at radius 1 is 1.24 bits per heavy atom. The molecule has 0 aliphatic carbocycles. The van der Waals surface area contributed by atoms with Gasteiger partial charge in [-0.1, -0.05) is 35.5 Å². The van der Waals surface area contributed by atoms with Gasteiger partial charge in [-0.15, -0.1) is 5.10 Å². The van der Waals surface area contributed by atoms with Gasteiger partial charge in [-0.25, -0.2) is 4.68 Å². The van der Waals surface area contributed by atoms with Gasteiger partial charge in [-0.2, -0.15) is 0 Å². The molecule has 1 atom stereocenters. The number of fused-ring (bicyclic) bond motifs is 1. The van der Waals surface area contributed by atoms with E-state index in [-0.39, 0.29) is 0 Å². The molecule has 0 aliphatic rings. The van der Waals surface area contributed by atoms with Crippen molar-refractivity contribution in [3.63, 3.8) is 0 Å². The van der Waals surface area contributed by atoms with Gasteiger partial charge in [0.25, 0.3) is 0 Å². The standard InChI is InChI=1S/C15H14BrN3O2/c1-19-13(15(16)17-18-19)14(20)12-10-6-4-3-5-9(10)7-8-11(12)21-2/h3-8,14,20H,1-2H3. The second-order valence-corrected chi connectivity index (χ2v) is 5.45. The molecule has 0 saturated carbocycles. The van der Waals surface area contributed by atoms with E-state index in [0.717, 1.165) is 10.8 Å². The van der Waals surface area contributed by atoms with Gasteiger partial charge in [0.2, 0.25) is 0 Å². The predicted molar refractivity (Wildman–Crippen MR) is 83.3 cm³/mol. The van der Waals surface area contributed by atoms with Crippen LogP contribution < -0.4 is 4.74 Å². The van der Waals surface area contributed by atoms with E-state index >= 15 is 0 Å². The number of rotatable bonds is 3. The van der Waals surface area contributed by atoms with E-state index in [1.165, 1.54) is 0 Å². The van der Waals surface area contributed by atoms with Crippen molar-refractivity contribution in [1.29, 1.82) is 0 Å². The normalized spacial score (nSPS) is 12.6. The minimum Gasteiger partial charge on any atom is -0.496 e. The van der Waals surface area contributed by atoms with Crippen LogP contribution in [0.15, 0.2) is 41.0 Å². The Balaban J connectivity index is 2.28. The summed E-state index contributed by atoms with van der Waals surface area (Å²) in [6.45, 7) is 0. The molecule has 0 saturated heterocycles. The van der Waals surface area contributed by atoms with Crippen LogP contribution in [0, 0.1) is 0 Å². The van der Waals surface area contributed by atoms with Gasteiger partial charge in [-0.05, 0) is 32.8 Å². The first-order chi connectivity index (χ1) is 10.1. The van der Waals surface area contributed by atoms with E-state index in [2.05, 4.69) is 26.2 Å². The van der Waals surface area contributed by atoms with Crippen LogP contribution >= 0.6 is 15.9 Å². The van der Waals surface area contributed by atoms with Crippen molar-refractivity contribution in [3.05, 3.63) is 52.3 Å². The number of aryl methyl sites for hydroxylation is 1. The Morgan fingerprint density at radius 3 is 2.67 bits per heavy atom. The van der Waals surface area contributed by atoms with Crippen molar-refractivity contribution in [2.24, 2.45) is 7.05 Å². The van der Waals surface area contributed by atoms with Gasteiger partial charge in [0.15, 0.2) is 4.60 Å². The number of hydrogen-bond donors (Lipinski definition) is 1. The molecule has 1 heterocycles. The minimum absolute atomic E-state index is 0.521. The molecule has 0 bridgehead atoms. The van der Waals surface area contributed by atoms with Crippen molar-refractivity contribution in [2.75, 3.05) is 7.11 Å². The Bertz CT molecular complexity index is 781. The Morgan fingerprint density at radius 2 is 2.00 bits per heavy atom. The molecule has 0 fully saturated rings. The molecule has 0 radical (unpaired) electrons. The van der Waals surface area contributed by atoms with E-state index in [9.17, 15) is 5.11 Å². The first-order valence-corrected chi connectivity index (χ1v) is 7.21. The Labute approximate surface area is 130 Å². The van der Waals surface area contributed by atoms with E-state index in [4.69, 9.17) is 4.74 Å². The number of aliphatic hydroxyl groups excluding tert-OH is 1. The number of ether oxygens (including phenoxy) is 1. The molecule has 3 aromatic rings. The lowest BCUT2D eigenvalue weighted by Crippen LogP contribution is -2.09. The first-order valence-electron chi connectivity index (χ1n) is 6.42. The molecule has 1 aromatic heterocycles. The number of aliphatic hydroxyl groups is 1. The summed E-state index contributed by atoms with van der Waals surface area (Å²) < 4.78 is 7.50. The second-order valence-electron chi connectivity index (χ2n) is 4.69. The van der Waals surface area contributed by atoms with Gasteiger partial charge >= 0.3 is 0 Å². The molecule has 5 nitrogen and oxygen atoms in total. The molecule has 0 spiro atoms. The topological polar surface area (TPSA) is 60.2 Å². The maximum atomic E-state index is 10.8. The fourth-order valence-corrected chi connectivity index (χ4v) is 3.05. The van der Waals surface area contributed by atoms with Gasteiger partial charge in [0, 0.05) is 12.6 Å². The summed E-state index contributed by atoms with van der Waals surface area (Å²) in [6.07, 6.45) is -0.888. The van der Waals surface area contributed by atoms with Crippen LogP contribution in [0.25, 0.3) is 10.8 Å². The summed E-state index contributed by atoms with van der Waals surface area (Å²) in [7, 11) is 3.34. The Kier molecular flexibility index (Phi) is 3.65. The number of aromatic nitrogens is 3. The lowest BCUT2D eigenvalue weighted by molar-refractivity contribution is 0.205. The number of hydrogen-bond acceptors (Lipinski definition) is 4. The summed E-state index contributed by atoms with van der Waals surface area (Å²) in [5.74, 6) is 0.634. The smallest absolute Gasteiger partial charge is 0.154 e. The van der Waals surface area contributed by atoms with Crippen LogP contribution in [0.4, 0.5) is 0 Å². The highest BCUT2D eigenvalue weighted by Gasteiger charge is 2.24. The van der Waals surface area contributed by atoms with Crippen LogP contribution in [0.1, 0.15) is 17.4 Å². The average molecular weight is 348 g/mol. The molecule has 0 aliphatic heterocycles. The fourth-order valence-electron chi connectivity index (χ4n) is 2.50. The highest BCUT2D eigenvalue weighted by Crippen LogP contribution is 2.37. The molecule has 1 N–H and O–H groups in total. The van der Waals surface area contributed by atoms with Gasteiger partial charge in [0.1, 0.15) is 17.5 Å². The summed E-state index contributed by atoms with van der Waals surface area (Å²) in [5, 5.41) is 20.7. The van der Waals surface area contributed by atoms with Gasteiger partial charge < -0.3 is 9.84 Å². The monoisotopic (exact) mass is 347 g/mol. The third-order valence-corrected chi connectivity index (χ3v) is 4.07. The zero-order chi connectivity index (χ0) is 15.0. The largest absolute Gasteiger partial charge is 0.496 e. The Hall–Kier alpha value is -1.92. The maximum absolute atomic E-state index is 10.8. The first kappa shape index (κ1) is 14.0. The third kappa shape index (κ3) is 2.30. The second kappa shape index (κ2) is 5.46. The molecule has 3 rings (SSSR count). The molecule has 6 heteroatoms. The summed E-state index contributed by atoms with van der Waals surface area (Å²) in [5.41, 5.74) is 1.30. The van der Waals surface area contributed by atoms with Crippen LogP contribution in [0.5, 0.6) is 5.75 Å². The molecule has 108 valence electrons. The molecule has 0 amide bonds. The van der Waals surface area contributed by atoms with Crippen LogP contribution in [-0.4, -0.2) is 27.2 Å². The lowest BCUT2D eigenvalue weighted by atomic mass is 9.97. The molecule has 1 unspecified atom stereocenters. The quantitative estimate of drug-likeness (QED) is 0.791. The fraction of sp³-hybridized carbons (Fsp3) is 0.200. The van der Waals surface area contributed by atoms with Crippen LogP contribution in [-0.2, 0) is 7.05 Å². The summed E-state index contributed by atoms with van der Waals surface area (Å²) in [4.78, 5) is 0. The highest BCUT2D eigenvalue weighted by atomic mass is 79.9. The average Bonchev–Trinajstić information content (AvgIpc) is 2.84. The summed E-state index contributed by atoms with van der Waals surface area (Å²) in [6, 6.07) is 11.7. The predicted octanol–water partition coefficient (Wildman–Crippen LogP) is 2.82. The van der Waals surface area contributed by atoms with Crippen molar-refractivity contribution in [1.82, 2.24) is 15.0 Å². The van der Waals surface area contributed by atoms with E-state index < -0.39 is 6.10 Å². The van der Waals surface area contributed by atoms with Gasteiger partial charge in [0.05, 0.1) is 7.11 Å². The highest BCUT2D eigenvalue weighted by molar-refractivity contribution is 9.10. The minimum atomic E-state index is -0.888. The molecular formula is C15H14BrN3O2. The molecule has 2 aromatic carbocycles. The zero-order valence-corrected chi connectivity index (χ0v) is 13.2. The number of benzene rings is 2. The van der Waals surface area contributed by atoms with E-state index in [1.807, 2.05) is 36.4 Å².